The second-order valence-corrected chi connectivity index (χ2v) is 9.01. The number of ether oxygens (including phenoxy) is 1. The number of rotatable bonds is 4. The number of fused-ring (bicyclic) bond motifs is 1. The van der Waals surface area contributed by atoms with Crippen LogP contribution in [0.1, 0.15) is 44.7 Å². The van der Waals surface area contributed by atoms with Gasteiger partial charge in [0.2, 0.25) is 0 Å². The molecule has 156 valence electrons. The molecule has 2 aromatic rings. The highest BCUT2D eigenvalue weighted by atomic mass is 16.5. The molecule has 2 unspecified atom stereocenters. The van der Waals surface area contributed by atoms with Crippen LogP contribution in [-0.2, 0) is 15.9 Å². The highest BCUT2D eigenvalue weighted by molar-refractivity contribution is 5.94. The number of likely N-dealkylation sites (tertiary alicyclic amines) is 1. The molecular weight excluding hydrogens is 382 g/mol. The van der Waals surface area contributed by atoms with E-state index in [-0.39, 0.29) is 31.0 Å². The topological polar surface area (TPSA) is 87.1 Å². The van der Waals surface area contributed by atoms with E-state index in [0.29, 0.717) is 37.1 Å². The zero-order chi connectivity index (χ0) is 20.9. The molecule has 2 aliphatic heterocycles. The van der Waals surface area contributed by atoms with E-state index in [4.69, 9.17) is 4.74 Å². The van der Waals surface area contributed by atoms with Crippen molar-refractivity contribution in [1.82, 2.24) is 4.90 Å². The van der Waals surface area contributed by atoms with Gasteiger partial charge in [-0.25, -0.2) is 0 Å². The number of hydrogen-bond acceptors (Lipinski definition) is 5. The minimum absolute atomic E-state index is 0.00771. The molecule has 1 aliphatic carbocycles. The Labute approximate surface area is 175 Å². The monoisotopic (exact) mass is 407 g/mol. The second-order valence-electron chi connectivity index (χ2n) is 9.01. The smallest absolute Gasteiger partial charge is 0.253 e. The zero-order valence-electron chi connectivity index (χ0n) is 16.7. The summed E-state index contributed by atoms with van der Waals surface area (Å²) in [7, 11) is 0. The van der Waals surface area contributed by atoms with Crippen molar-refractivity contribution < 1.29 is 24.5 Å². The van der Waals surface area contributed by atoms with Crippen molar-refractivity contribution in [2.45, 2.75) is 24.0 Å². The van der Waals surface area contributed by atoms with Crippen LogP contribution in [0.5, 0.6) is 0 Å². The summed E-state index contributed by atoms with van der Waals surface area (Å²) < 4.78 is 5.09. The Morgan fingerprint density at radius 1 is 0.900 bits per heavy atom. The fourth-order valence-corrected chi connectivity index (χ4v) is 5.19. The highest BCUT2D eigenvalue weighted by Gasteiger charge is 2.50. The molecule has 2 N–H and O–H groups in total. The van der Waals surface area contributed by atoms with E-state index in [1.807, 2.05) is 17.0 Å². The molecule has 6 heteroatoms. The van der Waals surface area contributed by atoms with E-state index in [1.165, 1.54) is 0 Å². The molecule has 2 atom stereocenters. The van der Waals surface area contributed by atoms with Gasteiger partial charge in [0, 0.05) is 24.2 Å². The molecule has 0 aromatic heterocycles. The quantitative estimate of drug-likeness (QED) is 0.758. The molecule has 5 rings (SSSR count). The first-order valence-electron chi connectivity index (χ1n) is 10.4. The number of aliphatic hydroxyl groups is 2. The third-order valence-corrected chi connectivity index (χ3v) is 7.00. The zero-order valence-corrected chi connectivity index (χ0v) is 16.7. The van der Waals surface area contributed by atoms with Crippen molar-refractivity contribution in [3.05, 3.63) is 70.8 Å². The summed E-state index contributed by atoms with van der Waals surface area (Å²) in [6, 6.07) is 14.3. The molecular formula is C24H25NO5. The lowest BCUT2D eigenvalue weighted by Gasteiger charge is -2.36. The Bertz CT molecular complexity index is 950. The van der Waals surface area contributed by atoms with Crippen molar-refractivity contribution >= 4 is 12.2 Å². The number of benzene rings is 2. The molecule has 30 heavy (non-hydrogen) atoms. The number of carbonyl (C=O) groups excluding carboxylic acids is 2. The predicted octanol–water partition coefficient (Wildman–Crippen LogP) is 2.09. The van der Waals surface area contributed by atoms with E-state index in [0.717, 1.165) is 17.4 Å². The number of hydrogen-bond donors (Lipinski definition) is 2. The summed E-state index contributed by atoms with van der Waals surface area (Å²) in [4.78, 5) is 25.7. The van der Waals surface area contributed by atoms with Crippen LogP contribution in [-0.4, -0.2) is 53.6 Å². The summed E-state index contributed by atoms with van der Waals surface area (Å²) in [5, 5.41) is 21.5. The maximum absolute atomic E-state index is 13.0. The van der Waals surface area contributed by atoms with Crippen LogP contribution >= 0.6 is 0 Å². The number of nitrogens with zero attached hydrogens (tertiary/aromatic N) is 1. The van der Waals surface area contributed by atoms with E-state index in [2.05, 4.69) is 0 Å². The van der Waals surface area contributed by atoms with Gasteiger partial charge in [0.05, 0.1) is 18.8 Å². The van der Waals surface area contributed by atoms with Crippen molar-refractivity contribution in [1.29, 1.82) is 0 Å². The standard InChI is InChI=1S/C24H25NO5/c26-13-16-1-5-20(6-2-16)23(28)9-18-11-25(12-19(18)10-23)22(27)17-3-7-21(8-4-17)24(29)14-30-15-24/h1-8,13,18-19,28-29H,9-12,14-15H2. The number of aldehydes is 1. The van der Waals surface area contributed by atoms with Gasteiger partial charge in [-0.2, -0.15) is 0 Å². The summed E-state index contributed by atoms with van der Waals surface area (Å²) in [5.74, 6) is 0.514. The Hall–Kier alpha value is -2.54. The predicted molar refractivity (Wildman–Crippen MR) is 109 cm³/mol. The first kappa shape index (κ1) is 19.4. The fourth-order valence-electron chi connectivity index (χ4n) is 5.19. The van der Waals surface area contributed by atoms with Crippen LogP contribution in [0, 0.1) is 11.8 Å². The third kappa shape index (κ3) is 3.16. The highest BCUT2D eigenvalue weighted by Crippen LogP contribution is 2.49. The van der Waals surface area contributed by atoms with Gasteiger partial charge in [0.15, 0.2) is 0 Å². The van der Waals surface area contributed by atoms with Crippen LogP contribution in [0.25, 0.3) is 0 Å². The average Bonchev–Trinajstić information content (AvgIpc) is 3.27. The molecule has 0 spiro atoms. The van der Waals surface area contributed by atoms with E-state index >= 15 is 0 Å². The molecule has 0 radical (unpaired) electrons. The molecule has 6 nitrogen and oxygen atoms in total. The number of carbonyl (C=O) groups is 2. The fraction of sp³-hybridized carbons (Fsp3) is 0.417. The minimum atomic E-state index is -0.930. The van der Waals surface area contributed by atoms with Crippen LogP contribution in [0.2, 0.25) is 0 Å². The van der Waals surface area contributed by atoms with Crippen molar-refractivity contribution in [3.63, 3.8) is 0 Å². The minimum Gasteiger partial charge on any atom is -0.385 e. The van der Waals surface area contributed by atoms with Crippen LogP contribution < -0.4 is 0 Å². The molecule has 1 amide bonds. The molecule has 0 bridgehead atoms. The molecule has 2 saturated heterocycles. The molecule has 1 saturated carbocycles. The summed E-state index contributed by atoms with van der Waals surface area (Å²) in [6.45, 7) is 1.85. The largest absolute Gasteiger partial charge is 0.385 e. The Balaban J connectivity index is 1.25. The van der Waals surface area contributed by atoms with E-state index < -0.39 is 11.2 Å². The summed E-state index contributed by atoms with van der Waals surface area (Å²) in [6.07, 6.45) is 2.04. The number of amides is 1. The van der Waals surface area contributed by atoms with Gasteiger partial charge < -0.3 is 19.8 Å². The lowest BCUT2D eigenvalue weighted by atomic mass is 9.90. The van der Waals surface area contributed by atoms with Gasteiger partial charge in [-0.3, -0.25) is 9.59 Å². The molecule has 3 aliphatic rings. The van der Waals surface area contributed by atoms with Gasteiger partial charge in [-0.05, 0) is 47.9 Å². The van der Waals surface area contributed by atoms with Crippen LogP contribution in [0.4, 0.5) is 0 Å². The van der Waals surface area contributed by atoms with Gasteiger partial charge in [-0.1, -0.05) is 36.4 Å². The van der Waals surface area contributed by atoms with Crippen LogP contribution in [0.15, 0.2) is 48.5 Å². The first-order chi connectivity index (χ1) is 14.4. The van der Waals surface area contributed by atoms with Gasteiger partial charge in [-0.15, -0.1) is 0 Å². The average molecular weight is 407 g/mol. The molecule has 2 aromatic carbocycles. The van der Waals surface area contributed by atoms with E-state index in [9.17, 15) is 19.8 Å². The Morgan fingerprint density at radius 3 is 1.93 bits per heavy atom. The van der Waals surface area contributed by atoms with Crippen molar-refractivity contribution in [2.24, 2.45) is 11.8 Å². The van der Waals surface area contributed by atoms with Gasteiger partial charge in [0.1, 0.15) is 11.9 Å². The second kappa shape index (κ2) is 7.01. The first-order valence-corrected chi connectivity index (χ1v) is 10.4. The maximum Gasteiger partial charge on any atom is 0.253 e. The van der Waals surface area contributed by atoms with Crippen LogP contribution in [0.3, 0.4) is 0 Å². The Morgan fingerprint density at radius 2 is 1.43 bits per heavy atom. The lowest BCUT2D eigenvalue weighted by Crippen LogP contribution is -2.46. The lowest BCUT2D eigenvalue weighted by molar-refractivity contribution is -0.184. The summed E-state index contributed by atoms with van der Waals surface area (Å²) >= 11 is 0. The van der Waals surface area contributed by atoms with Crippen molar-refractivity contribution in [3.8, 4) is 0 Å². The van der Waals surface area contributed by atoms with Crippen molar-refractivity contribution in [2.75, 3.05) is 26.3 Å². The normalized spacial score (nSPS) is 29.3. The molecule has 2 heterocycles. The third-order valence-electron chi connectivity index (χ3n) is 7.00. The van der Waals surface area contributed by atoms with E-state index in [1.54, 1.807) is 36.4 Å². The van der Waals surface area contributed by atoms with Gasteiger partial charge >= 0.3 is 0 Å². The summed E-state index contributed by atoms with van der Waals surface area (Å²) in [5.41, 5.74) is 1.000. The van der Waals surface area contributed by atoms with Gasteiger partial charge in [0.25, 0.3) is 5.91 Å². The Kier molecular flexibility index (Phi) is 4.54. The molecule has 3 fully saturated rings. The maximum atomic E-state index is 13.0. The SMILES string of the molecule is O=Cc1ccc(C2(O)CC3CN(C(=O)c4ccc(C5(O)COC5)cc4)CC3C2)cc1.